The summed E-state index contributed by atoms with van der Waals surface area (Å²) >= 11 is 5.83. The summed E-state index contributed by atoms with van der Waals surface area (Å²) in [5.74, 6) is -0.422. The van der Waals surface area contributed by atoms with E-state index in [4.69, 9.17) is 16.3 Å². The quantitative estimate of drug-likeness (QED) is 0.928. The molecule has 0 aliphatic carbocycles. The summed E-state index contributed by atoms with van der Waals surface area (Å²) in [6, 6.07) is 6.81. The Morgan fingerprint density at radius 3 is 2.65 bits per heavy atom. The fraction of sp³-hybridized carbons (Fsp3) is 0.533. The first-order valence-electron chi connectivity index (χ1n) is 6.78. The van der Waals surface area contributed by atoms with Crippen molar-refractivity contribution in [2.75, 3.05) is 20.1 Å². The highest BCUT2D eigenvalue weighted by atomic mass is 35.5. The van der Waals surface area contributed by atoms with E-state index in [1.165, 1.54) is 0 Å². The van der Waals surface area contributed by atoms with Crippen LogP contribution in [0.15, 0.2) is 24.3 Å². The normalized spacial score (nSPS) is 23.1. The van der Waals surface area contributed by atoms with Gasteiger partial charge in [0.2, 0.25) is 5.60 Å². The fourth-order valence-electron chi connectivity index (χ4n) is 2.67. The molecule has 0 amide bonds. The molecule has 1 N–H and O–H groups in total. The molecule has 20 heavy (non-hydrogen) atoms. The lowest BCUT2D eigenvalue weighted by Crippen LogP contribution is -2.53. The van der Waals surface area contributed by atoms with E-state index in [1.54, 1.807) is 31.2 Å². The Morgan fingerprint density at radius 1 is 1.45 bits per heavy atom. The molecule has 2 rings (SSSR count). The lowest BCUT2D eigenvalue weighted by atomic mass is 9.82. The van der Waals surface area contributed by atoms with Gasteiger partial charge in [-0.1, -0.05) is 11.6 Å². The maximum atomic E-state index is 11.7. The minimum absolute atomic E-state index is 0.0329. The van der Waals surface area contributed by atoms with Gasteiger partial charge in [0.1, 0.15) is 5.75 Å². The predicted octanol–water partition coefficient (Wildman–Crippen LogP) is 2.90. The van der Waals surface area contributed by atoms with Gasteiger partial charge in [0.05, 0.1) is 0 Å². The molecule has 1 aromatic rings. The van der Waals surface area contributed by atoms with E-state index >= 15 is 0 Å². The van der Waals surface area contributed by atoms with Gasteiger partial charge in [-0.2, -0.15) is 0 Å². The Morgan fingerprint density at radius 2 is 2.10 bits per heavy atom. The van der Waals surface area contributed by atoms with Gasteiger partial charge >= 0.3 is 5.97 Å². The smallest absolute Gasteiger partial charge is 0.348 e. The second kappa shape index (κ2) is 6.02. The van der Waals surface area contributed by atoms with Crippen LogP contribution in [0.2, 0.25) is 5.02 Å². The van der Waals surface area contributed by atoms with E-state index in [9.17, 15) is 9.90 Å². The summed E-state index contributed by atoms with van der Waals surface area (Å²) in [5.41, 5.74) is -1.22. The number of likely N-dealkylation sites (tertiary alicyclic amines) is 1. The third-order valence-electron chi connectivity index (χ3n) is 3.97. The minimum Gasteiger partial charge on any atom is -0.478 e. The number of aliphatic carboxylic acids is 1. The number of hydrogen-bond acceptors (Lipinski definition) is 3. The Balaban J connectivity index is 2.20. The van der Waals surface area contributed by atoms with Crippen LogP contribution in [-0.2, 0) is 4.79 Å². The molecule has 110 valence electrons. The predicted molar refractivity (Wildman–Crippen MR) is 78.3 cm³/mol. The van der Waals surface area contributed by atoms with Crippen LogP contribution in [-0.4, -0.2) is 41.7 Å². The first kappa shape index (κ1) is 15.1. The third-order valence-corrected chi connectivity index (χ3v) is 4.22. The third kappa shape index (κ3) is 3.25. The number of carboxylic acid groups (broad SMARTS) is 1. The van der Waals surface area contributed by atoms with Crippen LogP contribution in [0.25, 0.3) is 0 Å². The van der Waals surface area contributed by atoms with Gasteiger partial charge in [0.15, 0.2) is 0 Å². The fourth-order valence-corrected chi connectivity index (χ4v) is 2.79. The summed E-state index contributed by atoms with van der Waals surface area (Å²) in [7, 11) is 2.01. The molecule has 0 spiro atoms. The maximum Gasteiger partial charge on any atom is 0.348 e. The molecule has 0 bridgehead atoms. The van der Waals surface area contributed by atoms with Crippen molar-refractivity contribution >= 4 is 17.6 Å². The van der Waals surface area contributed by atoms with Crippen molar-refractivity contribution in [3.8, 4) is 5.75 Å². The van der Waals surface area contributed by atoms with Gasteiger partial charge in [-0.05, 0) is 57.6 Å². The standard InChI is InChI=1S/C15H20ClNO3/c1-15(14(18)19,11-4-3-9-17(2)10-11)20-13-7-5-12(16)6-8-13/h5-8,11H,3-4,9-10H2,1-2H3,(H,18,19)/t11-,15-/m1/s1. The highest BCUT2D eigenvalue weighted by Crippen LogP contribution is 2.32. The summed E-state index contributed by atoms with van der Waals surface area (Å²) in [6.45, 7) is 3.40. The van der Waals surface area contributed by atoms with Gasteiger partial charge in [0, 0.05) is 17.5 Å². The number of ether oxygens (including phenoxy) is 1. The molecule has 0 unspecified atom stereocenters. The van der Waals surface area contributed by atoms with Crippen LogP contribution in [0.5, 0.6) is 5.75 Å². The molecule has 1 saturated heterocycles. The first-order valence-corrected chi connectivity index (χ1v) is 7.16. The van der Waals surface area contributed by atoms with Crippen molar-refractivity contribution in [1.29, 1.82) is 0 Å². The molecular formula is C15H20ClNO3. The Bertz CT molecular complexity index is 477. The van der Waals surface area contributed by atoms with Crippen LogP contribution < -0.4 is 4.74 Å². The van der Waals surface area contributed by atoms with Crippen LogP contribution in [0.1, 0.15) is 19.8 Å². The summed E-state index contributed by atoms with van der Waals surface area (Å²) < 4.78 is 5.82. The highest BCUT2D eigenvalue weighted by molar-refractivity contribution is 6.30. The largest absolute Gasteiger partial charge is 0.478 e. The van der Waals surface area contributed by atoms with E-state index in [2.05, 4.69) is 4.90 Å². The van der Waals surface area contributed by atoms with Crippen LogP contribution >= 0.6 is 11.6 Å². The molecular weight excluding hydrogens is 278 g/mol. The zero-order valence-electron chi connectivity index (χ0n) is 11.8. The topological polar surface area (TPSA) is 49.8 Å². The van der Waals surface area contributed by atoms with Crippen LogP contribution in [0, 0.1) is 5.92 Å². The van der Waals surface area contributed by atoms with Crippen molar-refractivity contribution in [2.24, 2.45) is 5.92 Å². The lowest BCUT2D eigenvalue weighted by molar-refractivity contribution is -0.160. The van der Waals surface area contributed by atoms with Crippen molar-refractivity contribution in [2.45, 2.75) is 25.4 Å². The second-order valence-corrected chi connectivity index (χ2v) is 6.01. The molecule has 1 heterocycles. The van der Waals surface area contributed by atoms with Crippen molar-refractivity contribution in [1.82, 2.24) is 4.90 Å². The van der Waals surface area contributed by atoms with Gasteiger partial charge in [-0.15, -0.1) is 0 Å². The zero-order chi connectivity index (χ0) is 14.8. The Labute approximate surface area is 124 Å². The van der Waals surface area contributed by atoms with Crippen molar-refractivity contribution in [3.05, 3.63) is 29.3 Å². The minimum atomic E-state index is -1.22. The van der Waals surface area contributed by atoms with E-state index in [0.29, 0.717) is 10.8 Å². The molecule has 0 radical (unpaired) electrons. The number of piperidine rings is 1. The highest BCUT2D eigenvalue weighted by Gasteiger charge is 2.45. The van der Waals surface area contributed by atoms with Crippen molar-refractivity contribution < 1.29 is 14.6 Å². The van der Waals surface area contributed by atoms with Crippen LogP contribution in [0.3, 0.4) is 0 Å². The molecule has 2 atom stereocenters. The van der Waals surface area contributed by atoms with Gasteiger partial charge in [-0.25, -0.2) is 4.79 Å². The van der Waals surface area contributed by atoms with Gasteiger partial charge in [0.25, 0.3) is 0 Å². The molecule has 1 aromatic carbocycles. The number of rotatable bonds is 4. The monoisotopic (exact) mass is 297 g/mol. The second-order valence-electron chi connectivity index (χ2n) is 5.57. The molecule has 1 fully saturated rings. The Hall–Kier alpha value is -1.26. The SMILES string of the molecule is CN1CCC[C@@H]([C@@](C)(Oc2ccc(Cl)cc2)C(=O)O)C1. The summed E-state index contributed by atoms with van der Waals surface area (Å²) in [5, 5.41) is 10.2. The number of carbonyl (C=O) groups is 1. The molecule has 1 aliphatic rings. The van der Waals surface area contributed by atoms with E-state index in [0.717, 1.165) is 25.9 Å². The molecule has 4 nitrogen and oxygen atoms in total. The lowest BCUT2D eigenvalue weighted by Gasteiger charge is -2.39. The van der Waals surface area contributed by atoms with Gasteiger partial charge < -0.3 is 14.7 Å². The first-order chi connectivity index (χ1) is 9.41. The average molecular weight is 298 g/mol. The van der Waals surface area contributed by atoms with E-state index < -0.39 is 11.6 Å². The van der Waals surface area contributed by atoms with Crippen LogP contribution in [0.4, 0.5) is 0 Å². The molecule has 0 aromatic heterocycles. The molecule has 0 saturated carbocycles. The van der Waals surface area contributed by atoms with Gasteiger partial charge in [-0.3, -0.25) is 0 Å². The summed E-state index contributed by atoms with van der Waals surface area (Å²) in [6.07, 6.45) is 1.86. The summed E-state index contributed by atoms with van der Waals surface area (Å²) in [4.78, 5) is 13.9. The maximum absolute atomic E-state index is 11.7. The number of halogens is 1. The average Bonchev–Trinajstić information content (AvgIpc) is 2.41. The molecule has 5 heteroatoms. The molecule has 1 aliphatic heterocycles. The Kier molecular flexibility index (Phi) is 4.55. The number of carboxylic acids is 1. The van der Waals surface area contributed by atoms with E-state index in [1.807, 2.05) is 7.05 Å². The van der Waals surface area contributed by atoms with Crippen molar-refractivity contribution in [3.63, 3.8) is 0 Å². The zero-order valence-corrected chi connectivity index (χ0v) is 12.6. The number of benzene rings is 1. The van der Waals surface area contributed by atoms with E-state index in [-0.39, 0.29) is 5.92 Å². The number of nitrogens with zero attached hydrogens (tertiary/aromatic N) is 1. The number of hydrogen-bond donors (Lipinski definition) is 1.